The zero-order chi connectivity index (χ0) is 19.4. The Bertz CT molecular complexity index is 1040. The number of halogens is 1. The van der Waals surface area contributed by atoms with E-state index in [-0.39, 0.29) is 12.2 Å². The normalized spacial score (nSPS) is 10.3. The van der Waals surface area contributed by atoms with Gasteiger partial charge in [0.15, 0.2) is 5.82 Å². The predicted octanol–water partition coefficient (Wildman–Crippen LogP) is 4.25. The molecule has 0 fully saturated rings. The second kappa shape index (κ2) is 7.85. The summed E-state index contributed by atoms with van der Waals surface area (Å²) in [4.78, 5) is 19.4. The van der Waals surface area contributed by atoms with Crippen molar-refractivity contribution in [3.05, 3.63) is 76.1 Å². The Balaban J connectivity index is 1.74. The van der Waals surface area contributed by atoms with Crippen LogP contribution in [0.2, 0.25) is 5.02 Å². The lowest BCUT2D eigenvalue weighted by Crippen LogP contribution is -2.04. The van der Waals surface area contributed by atoms with Gasteiger partial charge in [-0.3, -0.25) is 0 Å². The van der Waals surface area contributed by atoms with Crippen LogP contribution in [0, 0.1) is 18.3 Å². The average Bonchev–Trinajstić information content (AvgIpc) is 2.67. The number of aryl methyl sites for hydroxylation is 1. The number of hydrogen-bond acceptors (Lipinski definition) is 5. The molecular weight excluding hydrogens is 366 g/mol. The molecule has 0 saturated carbocycles. The van der Waals surface area contributed by atoms with Gasteiger partial charge in [-0.1, -0.05) is 17.7 Å². The highest BCUT2D eigenvalue weighted by Gasteiger charge is 2.11. The van der Waals surface area contributed by atoms with Crippen molar-refractivity contribution in [2.45, 2.75) is 13.5 Å². The van der Waals surface area contributed by atoms with Crippen molar-refractivity contribution in [3.63, 3.8) is 0 Å². The number of ether oxygens (including phenoxy) is 1. The lowest BCUT2D eigenvalue weighted by molar-refractivity contribution is 0.0695. The van der Waals surface area contributed by atoms with E-state index in [9.17, 15) is 4.79 Å². The molecule has 0 aliphatic carbocycles. The Morgan fingerprint density at radius 2 is 2.00 bits per heavy atom. The van der Waals surface area contributed by atoms with E-state index in [1.165, 1.54) is 6.20 Å². The molecular formula is C20H14ClN3O3. The summed E-state index contributed by atoms with van der Waals surface area (Å²) in [5, 5.41) is 18.7. The SMILES string of the molecule is Cc1nc(-c2ccc(OCc3ccc(Cl)cc3C#N)cc2)ncc1C(=O)O. The molecule has 3 rings (SSSR count). The number of aromatic carboxylic acids is 1. The third kappa shape index (κ3) is 4.22. The molecule has 0 aliphatic rings. The Hall–Kier alpha value is -3.43. The Morgan fingerprint density at radius 1 is 1.26 bits per heavy atom. The van der Waals surface area contributed by atoms with E-state index in [0.717, 1.165) is 11.1 Å². The van der Waals surface area contributed by atoms with Crippen molar-refractivity contribution in [1.29, 1.82) is 5.26 Å². The van der Waals surface area contributed by atoms with Gasteiger partial charge < -0.3 is 9.84 Å². The molecule has 1 N–H and O–H groups in total. The fourth-order valence-electron chi connectivity index (χ4n) is 2.46. The lowest BCUT2D eigenvalue weighted by atomic mass is 10.1. The molecule has 0 unspecified atom stereocenters. The number of hydrogen-bond donors (Lipinski definition) is 1. The van der Waals surface area contributed by atoms with Crippen molar-refractivity contribution in [3.8, 4) is 23.2 Å². The number of aromatic nitrogens is 2. The quantitative estimate of drug-likeness (QED) is 0.711. The van der Waals surface area contributed by atoms with Crippen LogP contribution < -0.4 is 4.74 Å². The van der Waals surface area contributed by atoms with Gasteiger partial charge in [-0.15, -0.1) is 0 Å². The third-order valence-corrected chi connectivity index (χ3v) is 4.14. The van der Waals surface area contributed by atoms with Crippen LogP contribution in [-0.4, -0.2) is 21.0 Å². The van der Waals surface area contributed by atoms with Crippen LogP contribution >= 0.6 is 11.6 Å². The fourth-order valence-corrected chi connectivity index (χ4v) is 2.63. The molecule has 0 aliphatic heterocycles. The largest absolute Gasteiger partial charge is 0.489 e. The highest BCUT2D eigenvalue weighted by molar-refractivity contribution is 6.30. The smallest absolute Gasteiger partial charge is 0.339 e. The zero-order valence-corrected chi connectivity index (χ0v) is 15.1. The molecule has 7 heteroatoms. The van der Waals surface area contributed by atoms with E-state index in [0.29, 0.717) is 27.9 Å². The average molecular weight is 380 g/mol. The number of carboxylic acid groups (broad SMARTS) is 1. The van der Waals surface area contributed by atoms with E-state index in [2.05, 4.69) is 16.0 Å². The van der Waals surface area contributed by atoms with Crippen molar-refractivity contribution < 1.29 is 14.6 Å². The third-order valence-electron chi connectivity index (χ3n) is 3.91. The first kappa shape index (κ1) is 18.4. The second-order valence-electron chi connectivity index (χ2n) is 5.72. The first-order chi connectivity index (χ1) is 13.0. The minimum atomic E-state index is -1.05. The Labute approximate surface area is 160 Å². The maximum Gasteiger partial charge on any atom is 0.339 e. The Kier molecular flexibility index (Phi) is 5.34. The molecule has 0 atom stereocenters. The van der Waals surface area contributed by atoms with Gasteiger partial charge in [-0.05, 0) is 43.3 Å². The number of nitrogens with zero attached hydrogens (tertiary/aromatic N) is 3. The molecule has 0 spiro atoms. The summed E-state index contributed by atoms with van der Waals surface area (Å²) < 4.78 is 5.73. The summed E-state index contributed by atoms with van der Waals surface area (Å²) in [6, 6.07) is 14.3. The van der Waals surface area contributed by atoms with Crippen molar-refractivity contribution in [2.24, 2.45) is 0 Å². The molecule has 0 saturated heterocycles. The highest BCUT2D eigenvalue weighted by atomic mass is 35.5. The molecule has 1 heterocycles. The molecule has 1 aromatic heterocycles. The van der Waals surface area contributed by atoms with E-state index >= 15 is 0 Å². The molecule has 3 aromatic rings. The number of benzene rings is 2. The summed E-state index contributed by atoms with van der Waals surface area (Å²) >= 11 is 5.89. The summed E-state index contributed by atoms with van der Waals surface area (Å²) in [7, 11) is 0. The highest BCUT2D eigenvalue weighted by Crippen LogP contribution is 2.22. The van der Waals surface area contributed by atoms with Crippen LogP contribution in [0.4, 0.5) is 0 Å². The summed E-state index contributed by atoms with van der Waals surface area (Å²) in [6.45, 7) is 1.87. The van der Waals surface area contributed by atoms with Crippen LogP contribution in [0.1, 0.15) is 27.2 Å². The van der Waals surface area contributed by atoms with Crippen LogP contribution in [0.3, 0.4) is 0 Å². The molecule has 6 nitrogen and oxygen atoms in total. The maximum absolute atomic E-state index is 11.0. The summed E-state index contributed by atoms with van der Waals surface area (Å²) in [5.41, 5.74) is 2.44. The van der Waals surface area contributed by atoms with Crippen molar-refractivity contribution in [1.82, 2.24) is 9.97 Å². The number of nitriles is 1. The van der Waals surface area contributed by atoms with Crippen molar-refractivity contribution >= 4 is 17.6 Å². The van der Waals surface area contributed by atoms with Crippen LogP contribution in [0.5, 0.6) is 5.75 Å². The molecule has 2 aromatic carbocycles. The first-order valence-electron chi connectivity index (χ1n) is 7.96. The molecule has 0 radical (unpaired) electrons. The van der Waals surface area contributed by atoms with Gasteiger partial charge in [0.05, 0.1) is 22.9 Å². The monoisotopic (exact) mass is 379 g/mol. The zero-order valence-electron chi connectivity index (χ0n) is 14.3. The van der Waals surface area contributed by atoms with Crippen molar-refractivity contribution in [2.75, 3.05) is 0 Å². The number of carboxylic acids is 1. The topological polar surface area (TPSA) is 96.1 Å². The van der Waals surface area contributed by atoms with Crippen LogP contribution in [0.25, 0.3) is 11.4 Å². The van der Waals surface area contributed by atoms with Gasteiger partial charge in [-0.2, -0.15) is 5.26 Å². The molecule has 134 valence electrons. The summed E-state index contributed by atoms with van der Waals surface area (Å²) in [5.74, 6) is 0.00622. The van der Waals surface area contributed by atoms with E-state index in [4.69, 9.17) is 26.7 Å². The fraction of sp³-hybridized carbons (Fsp3) is 0.100. The standard InChI is InChI=1S/C20H14ClN3O3/c1-12-18(20(25)26)10-23-19(24-12)13-3-6-17(7-4-13)27-11-14-2-5-16(21)8-15(14)9-22/h2-8,10H,11H2,1H3,(H,25,26). The van der Waals surface area contributed by atoms with Gasteiger partial charge in [0.1, 0.15) is 12.4 Å². The minimum absolute atomic E-state index is 0.0787. The van der Waals surface area contributed by atoms with Gasteiger partial charge in [-0.25, -0.2) is 14.8 Å². The number of rotatable bonds is 5. The minimum Gasteiger partial charge on any atom is -0.489 e. The van der Waals surface area contributed by atoms with E-state index < -0.39 is 5.97 Å². The molecule has 0 bridgehead atoms. The van der Waals surface area contributed by atoms with Gasteiger partial charge >= 0.3 is 5.97 Å². The van der Waals surface area contributed by atoms with Gasteiger partial charge in [0.2, 0.25) is 0 Å². The van der Waals surface area contributed by atoms with Gasteiger partial charge in [0, 0.05) is 22.3 Å². The maximum atomic E-state index is 11.0. The lowest BCUT2D eigenvalue weighted by Gasteiger charge is -2.09. The van der Waals surface area contributed by atoms with E-state index in [1.54, 1.807) is 49.4 Å². The molecule has 0 amide bonds. The van der Waals surface area contributed by atoms with Crippen LogP contribution in [0.15, 0.2) is 48.7 Å². The molecule has 27 heavy (non-hydrogen) atoms. The number of carbonyl (C=O) groups is 1. The summed E-state index contributed by atoms with van der Waals surface area (Å²) in [6.07, 6.45) is 1.30. The van der Waals surface area contributed by atoms with E-state index in [1.807, 2.05) is 0 Å². The van der Waals surface area contributed by atoms with Crippen LogP contribution in [-0.2, 0) is 6.61 Å². The Morgan fingerprint density at radius 3 is 2.63 bits per heavy atom. The first-order valence-corrected chi connectivity index (χ1v) is 8.34. The second-order valence-corrected chi connectivity index (χ2v) is 6.16. The predicted molar refractivity (Wildman–Crippen MR) is 99.7 cm³/mol. The van der Waals surface area contributed by atoms with Gasteiger partial charge in [0.25, 0.3) is 0 Å².